The molecule has 1 N–H and O–H groups in total. The molecule has 2 aromatic rings. The SMILES string of the molecule is CCc1nc2c(n1CCCCn1ccnc1)CCNC2. The quantitative estimate of drug-likeness (QED) is 0.816. The molecular formula is C15H23N5. The van der Waals surface area contributed by atoms with Gasteiger partial charge in [0, 0.05) is 57.1 Å². The second kappa shape index (κ2) is 6.22. The Morgan fingerprint density at radius 2 is 2.20 bits per heavy atom. The van der Waals surface area contributed by atoms with Gasteiger partial charge in [-0.1, -0.05) is 6.92 Å². The van der Waals surface area contributed by atoms with Gasteiger partial charge in [-0.2, -0.15) is 0 Å². The number of fused-ring (bicyclic) bond motifs is 1. The topological polar surface area (TPSA) is 47.7 Å². The van der Waals surface area contributed by atoms with Gasteiger partial charge in [0.2, 0.25) is 0 Å². The molecule has 0 aromatic carbocycles. The molecule has 108 valence electrons. The first-order valence-corrected chi connectivity index (χ1v) is 7.62. The lowest BCUT2D eigenvalue weighted by Crippen LogP contribution is -2.25. The normalized spacial score (nSPS) is 14.4. The first-order valence-electron chi connectivity index (χ1n) is 7.62. The van der Waals surface area contributed by atoms with Crippen LogP contribution in [0.2, 0.25) is 0 Å². The highest BCUT2D eigenvalue weighted by Gasteiger charge is 2.18. The van der Waals surface area contributed by atoms with Crippen LogP contribution in [0.1, 0.15) is 37.0 Å². The summed E-state index contributed by atoms with van der Waals surface area (Å²) in [4.78, 5) is 8.86. The molecule has 1 aliphatic heterocycles. The molecule has 0 fully saturated rings. The van der Waals surface area contributed by atoms with Crippen LogP contribution in [0, 0.1) is 0 Å². The average Bonchev–Trinajstić information content (AvgIpc) is 3.11. The highest BCUT2D eigenvalue weighted by Crippen LogP contribution is 2.17. The maximum absolute atomic E-state index is 4.78. The molecule has 0 bridgehead atoms. The minimum absolute atomic E-state index is 0.935. The molecule has 3 heterocycles. The number of nitrogens with zero attached hydrogens (tertiary/aromatic N) is 4. The molecule has 0 amide bonds. The van der Waals surface area contributed by atoms with Crippen LogP contribution in [0.25, 0.3) is 0 Å². The molecule has 0 atom stereocenters. The summed E-state index contributed by atoms with van der Waals surface area (Å²) in [6.45, 7) is 6.37. The largest absolute Gasteiger partial charge is 0.337 e. The Hall–Kier alpha value is -1.62. The van der Waals surface area contributed by atoms with Gasteiger partial charge >= 0.3 is 0 Å². The number of unbranched alkanes of at least 4 members (excludes halogenated alkanes) is 1. The van der Waals surface area contributed by atoms with Crippen LogP contribution in [0.3, 0.4) is 0 Å². The summed E-state index contributed by atoms with van der Waals surface area (Å²) in [6, 6.07) is 0. The summed E-state index contributed by atoms with van der Waals surface area (Å²) in [5, 5.41) is 3.41. The van der Waals surface area contributed by atoms with Crippen molar-refractivity contribution in [3.05, 3.63) is 35.9 Å². The van der Waals surface area contributed by atoms with E-state index < -0.39 is 0 Å². The van der Waals surface area contributed by atoms with Gasteiger partial charge in [-0.25, -0.2) is 9.97 Å². The number of hydrogen-bond acceptors (Lipinski definition) is 3. The first-order chi connectivity index (χ1) is 9.88. The van der Waals surface area contributed by atoms with Crippen LogP contribution < -0.4 is 5.32 Å². The third-order valence-corrected chi connectivity index (χ3v) is 3.99. The summed E-state index contributed by atoms with van der Waals surface area (Å²) in [7, 11) is 0. The van der Waals surface area contributed by atoms with E-state index in [0.717, 1.165) is 39.0 Å². The molecule has 2 aromatic heterocycles. The fourth-order valence-corrected chi connectivity index (χ4v) is 2.94. The van der Waals surface area contributed by atoms with E-state index in [2.05, 4.69) is 26.4 Å². The Labute approximate surface area is 120 Å². The molecule has 0 spiro atoms. The van der Waals surface area contributed by atoms with Gasteiger partial charge in [0.15, 0.2) is 0 Å². The van der Waals surface area contributed by atoms with E-state index >= 15 is 0 Å². The van der Waals surface area contributed by atoms with E-state index in [1.165, 1.54) is 30.1 Å². The highest BCUT2D eigenvalue weighted by atomic mass is 15.1. The number of aryl methyl sites for hydroxylation is 2. The van der Waals surface area contributed by atoms with Gasteiger partial charge in [-0.05, 0) is 12.8 Å². The Morgan fingerprint density at radius 1 is 1.30 bits per heavy atom. The minimum Gasteiger partial charge on any atom is -0.337 e. The maximum Gasteiger partial charge on any atom is 0.108 e. The lowest BCUT2D eigenvalue weighted by molar-refractivity contribution is 0.520. The predicted octanol–water partition coefficient (Wildman–Crippen LogP) is 1.77. The fourth-order valence-electron chi connectivity index (χ4n) is 2.94. The molecule has 0 saturated heterocycles. The van der Waals surface area contributed by atoms with Gasteiger partial charge in [0.1, 0.15) is 5.82 Å². The van der Waals surface area contributed by atoms with Gasteiger partial charge in [0.05, 0.1) is 12.0 Å². The van der Waals surface area contributed by atoms with Crippen molar-refractivity contribution in [3.8, 4) is 0 Å². The van der Waals surface area contributed by atoms with E-state index in [4.69, 9.17) is 4.98 Å². The van der Waals surface area contributed by atoms with Crippen molar-refractivity contribution in [2.45, 2.75) is 52.2 Å². The highest BCUT2D eigenvalue weighted by molar-refractivity contribution is 5.20. The van der Waals surface area contributed by atoms with Gasteiger partial charge in [-0.3, -0.25) is 0 Å². The zero-order chi connectivity index (χ0) is 13.8. The Bertz CT molecular complexity index is 541. The van der Waals surface area contributed by atoms with Crippen molar-refractivity contribution < 1.29 is 0 Å². The van der Waals surface area contributed by atoms with E-state index in [-0.39, 0.29) is 0 Å². The summed E-state index contributed by atoms with van der Waals surface area (Å²) in [6.07, 6.45) is 10.3. The maximum atomic E-state index is 4.78. The van der Waals surface area contributed by atoms with E-state index in [0.29, 0.717) is 0 Å². The van der Waals surface area contributed by atoms with Crippen LogP contribution in [-0.4, -0.2) is 25.6 Å². The zero-order valence-corrected chi connectivity index (χ0v) is 12.2. The summed E-state index contributed by atoms with van der Waals surface area (Å²) < 4.78 is 4.61. The molecule has 5 heteroatoms. The van der Waals surface area contributed by atoms with Crippen LogP contribution >= 0.6 is 0 Å². The minimum atomic E-state index is 0.935. The van der Waals surface area contributed by atoms with Crippen LogP contribution in [0.5, 0.6) is 0 Å². The van der Waals surface area contributed by atoms with Gasteiger partial charge in [-0.15, -0.1) is 0 Å². The van der Waals surface area contributed by atoms with Crippen molar-refractivity contribution in [1.29, 1.82) is 0 Å². The van der Waals surface area contributed by atoms with Gasteiger partial charge in [0.25, 0.3) is 0 Å². The van der Waals surface area contributed by atoms with E-state index in [1.807, 2.05) is 18.7 Å². The fraction of sp³-hybridized carbons (Fsp3) is 0.600. The average molecular weight is 273 g/mol. The molecule has 5 nitrogen and oxygen atoms in total. The van der Waals surface area contributed by atoms with E-state index in [9.17, 15) is 0 Å². The Morgan fingerprint density at radius 3 is 3.00 bits per heavy atom. The monoisotopic (exact) mass is 273 g/mol. The summed E-state index contributed by atoms with van der Waals surface area (Å²) in [5.74, 6) is 1.25. The van der Waals surface area contributed by atoms with Crippen molar-refractivity contribution in [2.24, 2.45) is 0 Å². The first kappa shape index (κ1) is 13.4. The summed E-state index contributed by atoms with van der Waals surface area (Å²) >= 11 is 0. The van der Waals surface area contributed by atoms with Gasteiger partial charge < -0.3 is 14.5 Å². The molecule has 0 saturated carbocycles. The number of rotatable bonds is 6. The molecule has 0 unspecified atom stereocenters. The third-order valence-electron chi connectivity index (χ3n) is 3.99. The molecule has 3 rings (SSSR count). The van der Waals surface area contributed by atoms with Crippen LogP contribution in [-0.2, 0) is 32.5 Å². The van der Waals surface area contributed by atoms with Crippen LogP contribution in [0.15, 0.2) is 18.7 Å². The number of aromatic nitrogens is 4. The second-order valence-corrected chi connectivity index (χ2v) is 5.36. The molecular weight excluding hydrogens is 250 g/mol. The smallest absolute Gasteiger partial charge is 0.108 e. The standard InChI is InChI=1S/C15H23N5/c1-2-15-18-13-11-16-6-5-14(13)20(15)9-4-3-8-19-10-7-17-12-19/h7,10,12,16H,2-6,8-9,11H2,1H3. The zero-order valence-electron chi connectivity index (χ0n) is 12.2. The third kappa shape index (κ3) is 2.77. The lowest BCUT2D eigenvalue weighted by Gasteiger charge is -2.16. The van der Waals surface area contributed by atoms with E-state index in [1.54, 1.807) is 0 Å². The predicted molar refractivity (Wildman–Crippen MR) is 78.5 cm³/mol. The number of nitrogens with one attached hydrogen (secondary N) is 1. The van der Waals surface area contributed by atoms with Crippen molar-refractivity contribution in [2.75, 3.05) is 6.54 Å². The Kier molecular flexibility index (Phi) is 4.16. The molecule has 20 heavy (non-hydrogen) atoms. The summed E-state index contributed by atoms with van der Waals surface area (Å²) in [5.41, 5.74) is 2.73. The van der Waals surface area contributed by atoms with Crippen molar-refractivity contribution >= 4 is 0 Å². The molecule has 0 radical (unpaired) electrons. The van der Waals surface area contributed by atoms with Crippen LogP contribution in [0.4, 0.5) is 0 Å². The molecule has 1 aliphatic rings. The Balaban J connectivity index is 1.60. The van der Waals surface area contributed by atoms with Crippen molar-refractivity contribution in [3.63, 3.8) is 0 Å². The molecule has 0 aliphatic carbocycles. The lowest BCUT2D eigenvalue weighted by atomic mass is 10.2. The number of hydrogen-bond donors (Lipinski definition) is 1. The number of imidazole rings is 2. The second-order valence-electron chi connectivity index (χ2n) is 5.36. The van der Waals surface area contributed by atoms with Crippen molar-refractivity contribution in [1.82, 2.24) is 24.4 Å².